The molecule has 0 fully saturated rings. The van der Waals surface area contributed by atoms with Gasteiger partial charge in [-0.2, -0.15) is 5.10 Å². The summed E-state index contributed by atoms with van der Waals surface area (Å²) in [6, 6.07) is 26.3. The number of carbonyl (C=O) groups excluding carboxylic acids is 2. The van der Waals surface area contributed by atoms with E-state index in [2.05, 4.69) is 15.5 Å². The van der Waals surface area contributed by atoms with E-state index in [1.807, 2.05) is 89.7 Å². The molecule has 0 radical (unpaired) electrons. The van der Waals surface area contributed by atoms with Gasteiger partial charge in [0.05, 0.1) is 43.1 Å². The second-order valence-corrected chi connectivity index (χ2v) is 12.7. The van der Waals surface area contributed by atoms with Crippen molar-refractivity contribution in [3.05, 3.63) is 112 Å². The Hall–Kier alpha value is -5.14. The number of rotatable bonds is 13. The molecule has 0 spiro atoms. The van der Waals surface area contributed by atoms with E-state index in [9.17, 15) is 9.59 Å². The number of nitrogens with zero attached hydrogens (tertiary/aromatic N) is 5. The predicted octanol–water partition coefficient (Wildman–Crippen LogP) is 5.82. The van der Waals surface area contributed by atoms with Gasteiger partial charge in [-0.05, 0) is 54.3 Å². The van der Waals surface area contributed by atoms with Crippen LogP contribution in [-0.4, -0.2) is 63.9 Å². The van der Waals surface area contributed by atoms with E-state index in [0.29, 0.717) is 34.7 Å². The lowest BCUT2D eigenvalue weighted by molar-refractivity contribution is -0.130. The van der Waals surface area contributed by atoms with E-state index in [4.69, 9.17) is 19.3 Å². The Morgan fingerprint density at radius 2 is 1.81 bits per heavy atom. The Kier molecular flexibility index (Phi) is 10.4. The highest BCUT2D eigenvalue weighted by Crippen LogP contribution is 2.42. The standard InChI is InChI=1S/C35H34N6O5S2/c1-23-10-7-11-24(18-23)40-31(20-36-32(42)21-46-25-12-5-4-6-13-25)37-38-35(40)48-22-33(43)41-28(19-27(39-41)30-16-9-17-47-30)26-14-8-15-29(44-2)34(26)45-3/h4-18,28H,19-22H2,1-3H3,(H,36,42)/t28-/m0/s1. The van der Waals surface area contributed by atoms with Crippen molar-refractivity contribution in [1.29, 1.82) is 0 Å². The lowest BCUT2D eigenvalue weighted by Crippen LogP contribution is -2.29. The molecule has 13 heteroatoms. The van der Waals surface area contributed by atoms with E-state index in [1.54, 1.807) is 42.7 Å². The van der Waals surface area contributed by atoms with Crippen molar-refractivity contribution in [3.63, 3.8) is 0 Å². The Bertz CT molecular complexity index is 1910. The van der Waals surface area contributed by atoms with Gasteiger partial charge >= 0.3 is 0 Å². The van der Waals surface area contributed by atoms with Crippen molar-refractivity contribution in [2.45, 2.75) is 31.1 Å². The van der Waals surface area contributed by atoms with Gasteiger partial charge in [-0.1, -0.05) is 60.3 Å². The number of thiophene rings is 1. The Morgan fingerprint density at radius 3 is 2.56 bits per heavy atom. The number of nitrogens with one attached hydrogen (secondary N) is 1. The average Bonchev–Trinajstić information content (AvgIpc) is 3.89. The number of carbonyl (C=O) groups is 2. The molecule has 3 heterocycles. The van der Waals surface area contributed by atoms with Gasteiger partial charge in [0.1, 0.15) is 5.75 Å². The third kappa shape index (κ3) is 7.37. The van der Waals surface area contributed by atoms with E-state index in [1.165, 1.54) is 11.8 Å². The Labute approximate surface area is 286 Å². The quantitative estimate of drug-likeness (QED) is 0.154. The molecule has 0 saturated heterocycles. The molecular formula is C35H34N6O5S2. The van der Waals surface area contributed by atoms with Crippen LogP contribution in [0.25, 0.3) is 5.69 Å². The number of para-hydroxylation sites is 2. The molecule has 5 aromatic rings. The summed E-state index contributed by atoms with van der Waals surface area (Å²) in [6.45, 7) is 1.97. The number of ether oxygens (including phenoxy) is 3. The second-order valence-electron chi connectivity index (χ2n) is 10.8. The van der Waals surface area contributed by atoms with E-state index in [0.717, 1.165) is 27.4 Å². The molecule has 246 valence electrons. The fourth-order valence-corrected chi connectivity index (χ4v) is 6.91. The number of benzene rings is 3. The number of aromatic nitrogens is 3. The molecule has 1 aliphatic rings. The van der Waals surface area contributed by atoms with Crippen LogP contribution in [0, 0.1) is 6.92 Å². The molecule has 6 rings (SSSR count). The molecule has 1 atom stereocenters. The minimum Gasteiger partial charge on any atom is -0.493 e. The fraction of sp³-hybridized carbons (Fsp3) is 0.229. The smallest absolute Gasteiger partial charge is 0.258 e. The van der Waals surface area contributed by atoms with Gasteiger partial charge in [0.25, 0.3) is 11.8 Å². The van der Waals surface area contributed by atoms with Gasteiger partial charge in [0.15, 0.2) is 29.1 Å². The summed E-state index contributed by atoms with van der Waals surface area (Å²) in [7, 11) is 3.18. The first-order valence-electron chi connectivity index (χ1n) is 15.2. The number of hydrogen-bond acceptors (Lipinski definition) is 10. The third-order valence-electron chi connectivity index (χ3n) is 7.61. The monoisotopic (exact) mass is 682 g/mol. The zero-order valence-electron chi connectivity index (χ0n) is 26.7. The van der Waals surface area contributed by atoms with Gasteiger partial charge in [-0.15, -0.1) is 21.5 Å². The molecule has 11 nitrogen and oxygen atoms in total. The van der Waals surface area contributed by atoms with Gasteiger partial charge in [-0.25, -0.2) is 5.01 Å². The van der Waals surface area contributed by atoms with Crippen LogP contribution in [0.3, 0.4) is 0 Å². The zero-order chi connectivity index (χ0) is 33.5. The maximum atomic E-state index is 14.0. The van der Waals surface area contributed by atoms with Crippen LogP contribution in [-0.2, 0) is 16.1 Å². The van der Waals surface area contributed by atoms with Crippen LogP contribution in [0.1, 0.15) is 34.3 Å². The minimum atomic E-state index is -0.390. The Morgan fingerprint density at radius 1 is 0.979 bits per heavy atom. The molecular weight excluding hydrogens is 649 g/mol. The van der Waals surface area contributed by atoms with Crippen LogP contribution in [0.4, 0.5) is 0 Å². The fourth-order valence-electron chi connectivity index (χ4n) is 5.37. The number of amides is 2. The van der Waals surface area contributed by atoms with E-state index in [-0.39, 0.29) is 30.7 Å². The normalized spacial score (nSPS) is 14.0. The highest BCUT2D eigenvalue weighted by Gasteiger charge is 2.36. The summed E-state index contributed by atoms with van der Waals surface area (Å²) < 4.78 is 18.7. The van der Waals surface area contributed by atoms with Crippen LogP contribution >= 0.6 is 23.1 Å². The van der Waals surface area contributed by atoms with E-state index < -0.39 is 6.04 Å². The van der Waals surface area contributed by atoms with Crippen LogP contribution < -0.4 is 19.5 Å². The number of hydrazone groups is 1. The van der Waals surface area contributed by atoms with Crippen LogP contribution in [0.15, 0.2) is 101 Å². The first kappa shape index (κ1) is 32.8. The maximum Gasteiger partial charge on any atom is 0.258 e. The molecule has 2 aromatic heterocycles. The molecule has 48 heavy (non-hydrogen) atoms. The minimum absolute atomic E-state index is 0.0469. The van der Waals surface area contributed by atoms with Gasteiger partial charge in [0.2, 0.25) is 0 Å². The third-order valence-corrected chi connectivity index (χ3v) is 9.44. The van der Waals surface area contributed by atoms with E-state index >= 15 is 0 Å². The van der Waals surface area contributed by atoms with Crippen molar-refractivity contribution in [1.82, 2.24) is 25.1 Å². The Balaban J connectivity index is 1.22. The van der Waals surface area contributed by atoms with Gasteiger partial charge in [-0.3, -0.25) is 14.2 Å². The lowest BCUT2D eigenvalue weighted by Gasteiger charge is -2.24. The predicted molar refractivity (Wildman–Crippen MR) is 185 cm³/mol. The van der Waals surface area contributed by atoms with Crippen molar-refractivity contribution >= 4 is 40.6 Å². The van der Waals surface area contributed by atoms with Gasteiger partial charge in [0, 0.05) is 17.7 Å². The highest BCUT2D eigenvalue weighted by molar-refractivity contribution is 7.99. The van der Waals surface area contributed by atoms with Gasteiger partial charge < -0.3 is 19.5 Å². The molecule has 1 N–H and O–H groups in total. The van der Waals surface area contributed by atoms with Crippen LogP contribution in [0.5, 0.6) is 17.2 Å². The SMILES string of the molecule is COc1cccc([C@@H]2CC(c3cccs3)=NN2C(=O)CSc2nnc(CNC(=O)COc3ccccc3)n2-c2cccc(C)c2)c1OC. The summed E-state index contributed by atoms with van der Waals surface area (Å²) in [5.41, 5.74) is 3.50. The van der Waals surface area contributed by atoms with Crippen molar-refractivity contribution < 1.29 is 23.8 Å². The molecule has 1 aliphatic heterocycles. The average molecular weight is 683 g/mol. The summed E-state index contributed by atoms with van der Waals surface area (Å²) in [4.78, 5) is 27.6. The summed E-state index contributed by atoms with van der Waals surface area (Å²) in [5, 5.41) is 20.6. The second kappa shape index (κ2) is 15.2. The highest BCUT2D eigenvalue weighted by atomic mass is 32.2. The summed E-state index contributed by atoms with van der Waals surface area (Å²) >= 11 is 2.84. The lowest BCUT2D eigenvalue weighted by atomic mass is 9.99. The maximum absolute atomic E-state index is 14.0. The summed E-state index contributed by atoms with van der Waals surface area (Å²) in [5.74, 6) is 1.82. The molecule has 0 saturated carbocycles. The van der Waals surface area contributed by atoms with Crippen molar-refractivity contribution in [2.75, 3.05) is 26.6 Å². The molecule has 0 unspecified atom stereocenters. The zero-order valence-corrected chi connectivity index (χ0v) is 28.3. The largest absolute Gasteiger partial charge is 0.493 e. The number of methoxy groups -OCH3 is 2. The first-order valence-corrected chi connectivity index (χ1v) is 17.0. The topological polar surface area (TPSA) is 120 Å². The molecule has 0 bridgehead atoms. The molecule has 2 amide bonds. The number of aryl methyl sites for hydroxylation is 1. The van der Waals surface area contributed by atoms with Crippen LogP contribution in [0.2, 0.25) is 0 Å². The van der Waals surface area contributed by atoms with Crippen molar-refractivity contribution in [3.8, 4) is 22.9 Å². The summed E-state index contributed by atoms with van der Waals surface area (Å²) in [6.07, 6.45) is 0.526. The molecule has 0 aliphatic carbocycles. The first-order chi connectivity index (χ1) is 23.4. The molecule has 3 aromatic carbocycles. The number of hydrogen-bond donors (Lipinski definition) is 1. The van der Waals surface area contributed by atoms with Crippen molar-refractivity contribution in [2.24, 2.45) is 5.10 Å². The number of thioether (sulfide) groups is 1.